The highest BCUT2D eigenvalue weighted by atomic mass is 35.5. The maximum absolute atomic E-state index is 11.8. The van der Waals surface area contributed by atoms with Gasteiger partial charge in [-0.15, -0.1) is 0 Å². The molecule has 2 heteroatoms. The van der Waals surface area contributed by atoms with Crippen LogP contribution in [0.4, 0.5) is 0 Å². The minimum atomic E-state index is 0.346. The van der Waals surface area contributed by atoms with Crippen LogP contribution in [0.1, 0.15) is 70.3 Å². The number of benzene rings is 1. The first-order chi connectivity index (χ1) is 9.72. The van der Waals surface area contributed by atoms with E-state index in [1.165, 1.54) is 44.9 Å². The molecule has 0 atom stereocenters. The van der Waals surface area contributed by atoms with Crippen LogP contribution in [-0.4, -0.2) is 5.78 Å². The van der Waals surface area contributed by atoms with Gasteiger partial charge in [0.15, 0.2) is 0 Å². The monoisotopic (exact) mass is 294 g/mol. The van der Waals surface area contributed by atoms with Crippen molar-refractivity contribution in [1.29, 1.82) is 0 Å². The second-order valence-electron chi connectivity index (χ2n) is 5.57. The van der Waals surface area contributed by atoms with Crippen molar-refractivity contribution in [1.82, 2.24) is 0 Å². The van der Waals surface area contributed by atoms with Gasteiger partial charge in [-0.1, -0.05) is 75.6 Å². The van der Waals surface area contributed by atoms with E-state index in [-0.39, 0.29) is 0 Å². The van der Waals surface area contributed by atoms with Crippen LogP contribution in [0, 0.1) is 0 Å². The number of halogens is 1. The lowest BCUT2D eigenvalue weighted by atomic mass is 10.0. The fourth-order valence-electron chi connectivity index (χ4n) is 2.37. The Labute approximate surface area is 128 Å². The van der Waals surface area contributed by atoms with Gasteiger partial charge < -0.3 is 0 Å². The molecule has 0 saturated carbocycles. The normalized spacial score (nSPS) is 10.7. The first-order valence-electron chi connectivity index (χ1n) is 7.98. The zero-order valence-electron chi connectivity index (χ0n) is 12.7. The van der Waals surface area contributed by atoms with E-state index in [0.29, 0.717) is 12.2 Å². The first-order valence-corrected chi connectivity index (χ1v) is 8.36. The van der Waals surface area contributed by atoms with Crippen LogP contribution in [0.15, 0.2) is 24.3 Å². The summed E-state index contributed by atoms with van der Waals surface area (Å²) < 4.78 is 0. The topological polar surface area (TPSA) is 17.1 Å². The second kappa shape index (κ2) is 10.9. The van der Waals surface area contributed by atoms with Gasteiger partial charge in [0.2, 0.25) is 0 Å². The summed E-state index contributed by atoms with van der Waals surface area (Å²) in [5.74, 6) is 0.346. The highest BCUT2D eigenvalue weighted by Crippen LogP contribution is 2.13. The number of ketones is 1. The zero-order chi connectivity index (χ0) is 14.6. The molecule has 20 heavy (non-hydrogen) atoms. The molecular weight excluding hydrogens is 268 g/mol. The largest absolute Gasteiger partial charge is 0.299 e. The summed E-state index contributed by atoms with van der Waals surface area (Å²) >= 11 is 5.83. The Kier molecular flexibility index (Phi) is 9.40. The molecule has 0 spiro atoms. The van der Waals surface area contributed by atoms with Gasteiger partial charge in [0.1, 0.15) is 5.78 Å². The number of Topliss-reactive ketones (excluding diaryl/α,β-unsaturated/α-hetero) is 1. The first kappa shape index (κ1) is 17.2. The molecule has 1 nitrogen and oxygen atoms in total. The lowest BCUT2D eigenvalue weighted by Crippen LogP contribution is -2.02. The summed E-state index contributed by atoms with van der Waals surface area (Å²) in [6.45, 7) is 2.24. The van der Waals surface area contributed by atoms with Gasteiger partial charge >= 0.3 is 0 Å². The van der Waals surface area contributed by atoms with E-state index >= 15 is 0 Å². The molecule has 0 unspecified atom stereocenters. The van der Waals surface area contributed by atoms with Crippen LogP contribution in [0.3, 0.4) is 0 Å². The molecule has 0 aliphatic heterocycles. The fraction of sp³-hybridized carbons (Fsp3) is 0.611. The van der Waals surface area contributed by atoms with Crippen molar-refractivity contribution in [3.63, 3.8) is 0 Å². The molecule has 0 bridgehead atoms. The predicted octanol–water partition coefficient (Wildman–Crippen LogP) is 5.98. The highest BCUT2D eigenvalue weighted by molar-refractivity contribution is 6.30. The third-order valence-corrected chi connectivity index (χ3v) is 3.88. The Hall–Kier alpha value is -0.820. The van der Waals surface area contributed by atoms with Crippen LogP contribution >= 0.6 is 11.6 Å². The number of hydrogen-bond acceptors (Lipinski definition) is 1. The lowest BCUT2D eigenvalue weighted by molar-refractivity contribution is -0.118. The van der Waals surface area contributed by atoms with E-state index in [1.54, 1.807) is 0 Å². The standard InChI is InChI=1S/C18H27ClO/c1-2-3-4-5-6-7-8-9-10-18(20)15-16-11-13-17(19)14-12-16/h11-14H,2-10,15H2,1H3. The van der Waals surface area contributed by atoms with Crippen molar-refractivity contribution >= 4 is 17.4 Å². The Morgan fingerprint density at radius 1 is 0.900 bits per heavy atom. The molecular formula is C18H27ClO. The van der Waals surface area contributed by atoms with Crippen LogP contribution in [0.5, 0.6) is 0 Å². The molecule has 0 radical (unpaired) electrons. The van der Waals surface area contributed by atoms with Crippen molar-refractivity contribution in [2.75, 3.05) is 0 Å². The van der Waals surface area contributed by atoms with E-state index in [4.69, 9.17) is 11.6 Å². The van der Waals surface area contributed by atoms with E-state index in [9.17, 15) is 4.79 Å². The third-order valence-electron chi connectivity index (χ3n) is 3.62. The van der Waals surface area contributed by atoms with Gasteiger partial charge in [-0.3, -0.25) is 4.79 Å². The molecule has 112 valence electrons. The van der Waals surface area contributed by atoms with Gasteiger partial charge in [0.25, 0.3) is 0 Å². The molecule has 0 aliphatic carbocycles. The Morgan fingerprint density at radius 3 is 2.05 bits per heavy atom. The van der Waals surface area contributed by atoms with Crippen molar-refractivity contribution in [3.8, 4) is 0 Å². The summed E-state index contributed by atoms with van der Waals surface area (Å²) in [4.78, 5) is 11.8. The number of carbonyl (C=O) groups is 1. The smallest absolute Gasteiger partial charge is 0.137 e. The molecule has 1 aromatic carbocycles. The van der Waals surface area contributed by atoms with Gasteiger partial charge in [-0.25, -0.2) is 0 Å². The van der Waals surface area contributed by atoms with E-state index in [0.717, 1.165) is 23.4 Å². The molecule has 0 amide bonds. The molecule has 0 fully saturated rings. The fourth-order valence-corrected chi connectivity index (χ4v) is 2.50. The summed E-state index contributed by atoms with van der Waals surface area (Å²) in [5.41, 5.74) is 1.07. The number of hydrogen-bond donors (Lipinski definition) is 0. The molecule has 0 aliphatic rings. The molecule has 1 rings (SSSR count). The lowest BCUT2D eigenvalue weighted by Gasteiger charge is -2.03. The van der Waals surface area contributed by atoms with Gasteiger partial charge in [-0.2, -0.15) is 0 Å². The third kappa shape index (κ3) is 8.37. The van der Waals surface area contributed by atoms with E-state index < -0.39 is 0 Å². The summed E-state index contributed by atoms with van der Waals surface area (Å²) in [5, 5.41) is 0.726. The molecule has 0 saturated heterocycles. The molecule has 0 heterocycles. The number of unbranched alkanes of at least 4 members (excludes halogenated alkanes) is 7. The predicted molar refractivity (Wildman–Crippen MR) is 87.4 cm³/mol. The van der Waals surface area contributed by atoms with E-state index in [1.807, 2.05) is 24.3 Å². The quantitative estimate of drug-likeness (QED) is 0.459. The molecule has 0 N–H and O–H groups in total. The highest BCUT2D eigenvalue weighted by Gasteiger charge is 2.03. The molecule has 0 aromatic heterocycles. The summed E-state index contributed by atoms with van der Waals surface area (Å²) in [7, 11) is 0. The van der Waals surface area contributed by atoms with Crippen LogP contribution < -0.4 is 0 Å². The average Bonchev–Trinajstić information content (AvgIpc) is 2.44. The number of rotatable bonds is 11. The zero-order valence-corrected chi connectivity index (χ0v) is 13.4. The van der Waals surface area contributed by atoms with E-state index in [2.05, 4.69) is 6.92 Å². The Balaban J connectivity index is 2.01. The number of carbonyl (C=O) groups excluding carboxylic acids is 1. The van der Waals surface area contributed by atoms with Crippen LogP contribution in [-0.2, 0) is 11.2 Å². The van der Waals surface area contributed by atoms with Crippen LogP contribution in [0.2, 0.25) is 5.02 Å². The maximum atomic E-state index is 11.8. The Bertz CT molecular complexity index is 370. The van der Waals surface area contributed by atoms with Crippen molar-refractivity contribution in [3.05, 3.63) is 34.9 Å². The summed E-state index contributed by atoms with van der Waals surface area (Å²) in [6, 6.07) is 7.57. The van der Waals surface area contributed by atoms with Gasteiger partial charge in [-0.05, 0) is 24.1 Å². The summed E-state index contributed by atoms with van der Waals surface area (Å²) in [6.07, 6.45) is 11.5. The van der Waals surface area contributed by atoms with Gasteiger partial charge in [0.05, 0.1) is 0 Å². The van der Waals surface area contributed by atoms with Crippen LogP contribution in [0.25, 0.3) is 0 Å². The Morgan fingerprint density at radius 2 is 1.45 bits per heavy atom. The molecule has 1 aromatic rings. The van der Waals surface area contributed by atoms with Crippen molar-refractivity contribution in [2.45, 2.75) is 71.1 Å². The second-order valence-corrected chi connectivity index (χ2v) is 6.00. The SMILES string of the molecule is CCCCCCCCCCC(=O)Cc1ccc(Cl)cc1. The van der Waals surface area contributed by atoms with Gasteiger partial charge in [0, 0.05) is 17.9 Å². The average molecular weight is 295 g/mol. The minimum absolute atomic E-state index is 0.346. The van der Waals surface area contributed by atoms with Crippen molar-refractivity contribution < 1.29 is 4.79 Å². The maximum Gasteiger partial charge on any atom is 0.137 e. The van der Waals surface area contributed by atoms with Crippen molar-refractivity contribution in [2.24, 2.45) is 0 Å². The minimum Gasteiger partial charge on any atom is -0.299 e.